The lowest BCUT2D eigenvalue weighted by Crippen LogP contribution is -2.17. The van der Waals surface area contributed by atoms with Crippen molar-refractivity contribution in [3.63, 3.8) is 0 Å². The van der Waals surface area contributed by atoms with E-state index < -0.39 is 11.8 Å². The van der Waals surface area contributed by atoms with Gasteiger partial charge in [0.05, 0.1) is 22.5 Å². The van der Waals surface area contributed by atoms with Crippen LogP contribution in [0.5, 0.6) is 0 Å². The molecule has 0 aliphatic carbocycles. The minimum Gasteiger partial charge on any atom is -0.478 e. The number of aromatic carboxylic acids is 1. The van der Waals surface area contributed by atoms with E-state index in [1.807, 2.05) is 62.4 Å². The van der Waals surface area contributed by atoms with E-state index in [-0.39, 0.29) is 22.4 Å². The fourth-order valence-electron chi connectivity index (χ4n) is 3.60. The van der Waals surface area contributed by atoms with Crippen LogP contribution in [0, 0.1) is 12.7 Å². The van der Waals surface area contributed by atoms with E-state index in [4.69, 9.17) is 0 Å². The molecule has 0 aliphatic heterocycles. The molecule has 0 radical (unpaired) electrons. The molecule has 4 aromatic rings. The van der Waals surface area contributed by atoms with Gasteiger partial charge in [0.2, 0.25) is 0 Å². The Morgan fingerprint density at radius 1 is 1.12 bits per heavy atom. The maximum absolute atomic E-state index is 14.4. The molecule has 3 aromatic carbocycles. The topological polar surface area (TPSA) is 87.4 Å². The standard InChI is InChI=1S/C26H22FN3O3/c1-3-17-10-12-19(13-11-17)30-25(31)21(23(29-30)18-7-4-6-16(2)14-18)15-28-24-20(26(32)33)8-5-9-22(24)27/h4-15,29H,3H2,1-2H3,(H,32,33). The fourth-order valence-corrected chi connectivity index (χ4v) is 3.60. The summed E-state index contributed by atoms with van der Waals surface area (Å²) in [5.74, 6) is -2.09. The summed E-state index contributed by atoms with van der Waals surface area (Å²) >= 11 is 0. The molecule has 7 heteroatoms. The molecule has 33 heavy (non-hydrogen) atoms. The lowest BCUT2D eigenvalue weighted by atomic mass is 10.1. The molecule has 0 spiro atoms. The lowest BCUT2D eigenvalue weighted by molar-refractivity contribution is 0.0697. The highest BCUT2D eigenvalue weighted by molar-refractivity contribution is 5.96. The van der Waals surface area contributed by atoms with Gasteiger partial charge in [-0.1, -0.05) is 48.9 Å². The normalized spacial score (nSPS) is 11.2. The highest BCUT2D eigenvalue weighted by Crippen LogP contribution is 2.25. The molecule has 2 N–H and O–H groups in total. The number of carboxylic acids is 1. The van der Waals surface area contributed by atoms with Gasteiger partial charge >= 0.3 is 5.97 Å². The van der Waals surface area contributed by atoms with Crippen LogP contribution in [-0.2, 0) is 6.42 Å². The molecule has 0 aliphatic rings. The molecule has 0 saturated heterocycles. The second kappa shape index (κ2) is 9.08. The predicted octanol–water partition coefficient (Wildman–Crippen LogP) is 5.29. The van der Waals surface area contributed by atoms with E-state index in [2.05, 4.69) is 10.1 Å². The van der Waals surface area contributed by atoms with Gasteiger partial charge < -0.3 is 5.11 Å². The van der Waals surface area contributed by atoms with Gasteiger partial charge in [-0.05, 0) is 49.2 Å². The minimum atomic E-state index is -1.30. The molecule has 0 bridgehead atoms. The van der Waals surface area contributed by atoms with Crippen molar-refractivity contribution in [2.24, 2.45) is 4.99 Å². The summed E-state index contributed by atoms with van der Waals surface area (Å²) in [5.41, 5.74) is 3.23. The Morgan fingerprint density at radius 2 is 1.85 bits per heavy atom. The summed E-state index contributed by atoms with van der Waals surface area (Å²) in [7, 11) is 0. The zero-order valence-electron chi connectivity index (χ0n) is 18.2. The number of para-hydroxylation sites is 1. The number of aliphatic imine (C=N–C) groups is 1. The fraction of sp³-hybridized carbons (Fsp3) is 0.115. The van der Waals surface area contributed by atoms with Gasteiger partial charge in [-0.15, -0.1) is 0 Å². The van der Waals surface area contributed by atoms with Crippen LogP contribution < -0.4 is 5.56 Å². The van der Waals surface area contributed by atoms with Crippen molar-refractivity contribution in [1.82, 2.24) is 9.78 Å². The smallest absolute Gasteiger partial charge is 0.338 e. The van der Waals surface area contributed by atoms with E-state index in [1.54, 1.807) is 0 Å². The van der Waals surface area contributed by atoms with Gasteiger partial charge in [0.25, 0.3) is 5.56 Å². The molecule has 0 amide bonds. The van der Waals surface area contributed by atoms with Crippen LogP contribution in [0.4, 0.5) is 10.1 Å². The van der Waals surface area contributed by atoms with Crippen molar-refractivity contribution in [3.05, 3.63) is 105 Å². The Balaban J connectivity index is 1.90. The number of aromatic amines is 1. The van der Waals surface area contributed by atoms with E-state index in [0.29, 0.717) is 11.4 Å². The Bertz CT molecular complexity index is 1420. The SMILES string of the molecule is CCc1ccc(-n2[nH]c(-c3cccc(C)c3)c(C=Nc3c(F)cccc3C(=O)O)c2=O)cc1. The average molecular weight is 443 g/mol. The third kappa shape index (κ3) is 4.39. The zero-order valence-corrected chi connectivity index (χ0v) is 18.2. The third-order valence-corrected chi connectivity index (χ3v) is 5.38. The van der Waals surface area contributed by atoms with Gasteiger partial charge in [0.15, 0.2) is 0 Å². The molecule has 1 aromatic heterocycles. The molecule has 166 valence electrons. The highest BCUT2D eigenvalue weighted by Gasteiger charge is 2.18. The van der Waals surface area contributed by atoms with E-state index in [1.165, 1.54) is 23.0 Å². The first-order valence-corrected chi connectivity index (χ1v) is 10.5. The number of nitrogens with zero attached hydrogens (tertiary/aromatic N) is 2. The third-order valence-electron chi connectivity index (χ3n) is 5.38. The largest absolute Gasteiger partial charge is 0.478 e. The van der Waals surface area contributed by atoms with Crippen LogP contribution in [0.1, 0.15) is 34.0 Å². The van der Waals surface area contributed by atoms with Crippen molar-refractivity contribution >= 4 is 17.9 Å². The predicted molar refractivity (Wildman–Crippen MR) is 127 cm³/mol. The molecule has 0 atom stereocenters. The summed E-state index contributed by atoms with van der Waals surface area (Å²) in [6.07, 6.45) is 2.10. The number of aromatic nitrogens is 2. The van der Waals surface area contributed by atoms with Crippen LogP contribution in [0.3, 0.4) is 0 Å². The monoisotopic (exact) mass is 443 g/mol. The first kappa shape index (κ1) is 22.0. The number of rotatable bonds is 6. The summed E-state index contributed by atoms with van der Waals surface area (Å²) in [6.45, 7) is 3.99. The number of aryl methyl sites for hydroxylation is 2. The van der Waals surface area contributed by atoms with E-state index in [9.17, 15) is 19.1 Å². The van der Waals surface area contributed by atoms with Gasteiger partial charge in [0.1, 0.15) is 11.5 Å². The molecule has 6 nitrogen and oxygen atoms in total. The number of carbonyl (C=O) groups is 1. The molecular formula is C26H22FN3O3. The maximum atomic E-state index is 14.4. The lowest BCUT2D eigenvalue weighted by Gasteiger charge is -2.04. The number of nitrogens with one attached hydrogen (secondary N) is 1. The molecular weight excluding hydrogens is 421 g/mol. The Hall–Kier alpha value is -4.26. The van der Waals surface area contributed by atoms with Gasteiger partial charge in [-0.3, -0.25) is 14.9 Å². The van der Waals surface area contributed by atoms with Crippen LogP contribution >= 0.6 is 0 Å². The zero-order chi connectivity index (χ0) is 23.5. The Labute approximate surface area is 189 Å². The van der Waals surface area contributed by atoms with Crippen LogP contribution in [0.2, 0.25) is 0 Å². The van der Waals surface area contributed by atoms with E-state index >= 15 is 0 Å². The first-order chi connectivity index (χ1) is 15.9. The number of halogens is 1. The van der Waals surface area contributed by atoms with Gasteiger partial charge in [-0.2, -0.15) is 0 Å². The number of H-pyrrole nitrogens is 1. The highest BCUT2D eigenvalue weighted by atomic mass is 19.1. The van der Waals surface area contributed by atoms with Crippen molar-refractivity contribution in [2.45, 2.75) is 20.3 Å². The minimum absolute atomic E-state index is 0.194. The molecule has 1 heterocycles. The molecule has 0 unspecified atom stereocenters. The van der Waals surface area contributed by atoms with Gasteiger partial charge in [0, 0.05) is 11.8 Å². The molecule has 4 rings (SSSR count). The molecule has 0 saturated carbocycles. The number of carboxylic acid groups (broad SMARTS) is 1. The van der Waals surface area contributed by atoms with Crippen LogP contribution in [0.25, 0.3) is 16.9 Å². The average Bonchev–Trinajstić information content (AvgIpc) is 3.14. The van der Waals surface area contributed by atoms with Crippen molar-refractivity contribution < 1.29 is 14.3 Å². The first-order valence-electron chi connectivity index (χ1n) is 10.5. The summed E-state index contributed by atoms with van der Waals surface area (Å²) in [4.78, 5) is 29.0. The van der Waals surface area contributed by atoms with Crippen molar-refractivity contribution in [3.8, 4) is 16.9 Å². The summed E-state index contributed by atoms with van der Waals surface area (Å²) in [5, 5.41) is 12.5. The van der Waals surface area contributed by atoms with Crippen molar-refractivity contribution in [1.29, 1.82) is 0 Å². The number of hydrogen-bond acceptors (Lipinski definition) is 3. The summed E-state index contributed by atoms with van der Waals surface area (Å²) in [6, 6.07) is 18.9. The second-order valence-corrected chi connectivity index (χ2v) is 7.63. The number of benzene rings is 3. The van der Waals surface area contributed by atoms with E-state index in [0.717, 1.165) is 29.2 Å². The quantitative estimate of drug-likeness (QED) is 0.397. The second-order valence-electron chi connectivity index (χ2n) is 7.63. The summed E-state index contributed by atoms with van der Waals surface area (Å²) < 4.78 is 15.8. The maximum Gasteiger partial charge on any atom is 0.338 e. The van der Waals surface area contributed by atoms with Crippen LogP contribution in [0.15, 0.2) is 76.5 Å². The van der Waals surface area contributed by atoms with Crippen molar-refractivity contribution in [2.75, 3.05) is 0 Å². The van der Waals surface area contributed by atoms with Crippen LogP contribution in [-0.4, -0.2) is 27.1 Å². The Morgan fingerprint density at radius 3 is 2.52 bits per heavy atom. The Kier molecular flexibility index (Phi) is 6.04. The number of hydrogen-bond donors (Lipinski definition) is 2. The molecule has 0 fully saturated rings. The van der Waals surface area contributed by atoms with Gasteiger partial charge in [-0.25, -0.2) is 13.9 Å².